The fourth-order valence-electron chi connectivity index (χ4n) is 2.99. The van der Waals surface area contributed by atoms with Gasteiger partial charge in [-0.1, -0.05) is 17.7 Å². The molecule has 0 N–H and O–H groups in total. The minimum Gasteiger partial charge on any atom is -0.365 e. The first-order chi connectivity index (χ1) is 8.25. The lowest BCUT2D eigenvalue weighted by molar-refractivity contribution is 0.230. The van der Waals surface area contributed by atoms with Crippen LogP contribution in [0.3, 0.4) is 0 Å². The standard InChI is InChI=1S/C13H16ClFN2/c14-11-4-1-5-12(15)13(11)17-8-7-16-6-2-3-10(16)9-17/h1,4-5,10H,2-3,6-9H2. The van der Waals surface area contributed by atoms with Crippen molar-refractivity contribution < 1.29 is 4.39 Å². The molecule has 3 rings (SSSR count). The summed E-state index contributed by atoms with van der Waals surface area (Å²) in [7, 11) is 0. The zero-order chi connectivity index (χ0) is 11.8. The predicted molar refractivity (Wildman–Crippen MR) is 68.2 cm³/mol. The lowest BCUT2D eigenvalue weighted by Gasteiger charge is -2.39. The first-order valence-electron chi connectivity index (χ1n) is 6.19. The molecule has 2 saturated heterocycles. The van der Waals surface area contributed by atoms with Gasteiger partial charge in [-0.15, -0.1) is 0 Å². The van der Waals surface area contributed by atoms with E-state index in [1.807, 2.05) is 0 Å². The molecule has 0 saturated carbocycles. The minimum atomic E-state index is -0.205. The van der Waals surface area contributed by atoms with Crippen molar-refractivity contribution in [2.75, 3.05) is 31.1 Å². The molecule has 2 heterocycles. The molecule has 0 amide bonds. The molecule has 1 atom stereocenters. The molecule has 2 aliphatic rings. The van der Waals surface area contributed by atoms with Gasteiger partial charge in [-0.05, 0) is 31.5 Å². The Morgan fingerprint density at radius 3 is 2.94 bits per heavy atom. The van der Waals surface area contributed by atoms with Crippen LogP contribution in [0.1, 0.15) is 12.8 Å². The molecule has 1 aromatic carbocycles. The van der Waals surface area contributed by atoms with Crippen LogP contribution in [0.15, 0.2) is 18.2 Å². The van der Waals surface area contributed by atoms with Gasteiger partial charge >= 0.3 is 0 Å². The van der Waals surface area contributed by atoms with Gasteiger partial charge in [-0.2, -0.15) is 0 Å². The second-order valence-electron chi connectivity index (χ2n) is 4.85. The van der Waals surface area contributed by atoms with E-state index < -0.39 is 0 Å². The van der Waals surface area contributed by atoms with Gasteiger partial charge in [0, 0.05) is 25.7 Å². The normalized spacial score (nSPS) is 25.1. The number of hydrogen-bond acceptors (Lipinski definition) is 2. The highest BCUT2D eigenvalue weighted by atomic mass is 35.5. The van der Waals surface area contributed by atoms with E-state index in [1.165, 1.54) is 25.5 Å². The van der Waals surface area contributed by atoms with Crippen molar-refractivity contribution in [1.29, 1.82) is 0 Å². The van der Waals surface area contributed by atoms with Gasteiger partial charge in [0.25, 0.3) is 0 Å². The highest BCUT2D eigenvalue weighted by molar-refractivity contribution is 6.33. The fraction of sp³-hybridized carbons (Fsp3) is 0.538. The van der Waals surface area contributed by atoms with E-state index in [0.717, 1.165) is 19.6 Å². The van der Waals surface area contributed by atoms with Crippen molar-refractivity contribution in [3.63, 3.8) is 0 Å². The van der Waals surface area contributed by atoms with Gasteiger partial charge in [-0.25, -0.2) is 4.39 Å². The first kappa shape index (κ1) is 11.3. The van der Waals surface area contributed by atoms with Crippen LogP contribution in [0.4, 0.5) is 10.1 Å². The predicted octanol–water partition coefficient (Wildman–Crippen LogP) is 2.76. The maximum atomic E-state index is 13.8. The summed E-state index contributed by atoms with van der Waals surface area (Å²) in [5.41, 5.74) is 0.584. The zero-order valence-corrected chi connectivity index (χ0v) is 10.5. The largest absolute Gasteiger partial charge is 0.365 e. The number of halogens is 2. The number of rotatable bonds is 1. The SMILES string of the molecule is Fc1cccc(Cl)c1N1CCN2CCCC2C1. The van der Waals surface area contributed by atoms with E-state index in [9.17, 15) is 4.39 Å². The summed E-state index contributed by atoms with van der Waals surface area (Å²) in [5.74, 6) is -0.205. The van der Waals surface area contributed by atoms with Crippen molar-refractivity contribution in [3.05, 3.63) is 29.0 Å². The molecule has 4 heteroatoms. The number of piperazine rings is 1. The van der Waals surface area contributed by atoms with E-state index >= 15 is 0 Å². The second kappa shape index (κ2) is 4.46. The molecule has 0 bridgehead atoms. The molecule has 0 spiro atoms. The number of anilines is 1. The molecule has 1 aromatic rings. The van der Waals surface area contributed by atoms with Crippen molar-refractivity contribution in [1.82, 2.24) is 4.90 Å². The summed E-state index contributed by atoms with van der Waals surface area (Å²) < 4.78 is 13.8. The summed E-state index contributed by atoms with van der Waals surface area (Å²) in [6.45, 7) is 4.00. The molecule has 2 nitrogen and oxygen atoms in total. The topological polar surface area (TPSA) is 6.48 Å². The van der Waals surface area contributed by atoms with Gasteiger partial charge in [0.15, 0.2) is 0 Å². The third-order valence-corrected chi connectivity index (χ3v) is 4.15. The van der Waals surface area contributed by atoms with E-state index in [2.05, 4.69) is 9.80 Å². The van der Waals surface area contributed by atoms with Crippen LogP contribution in [-0.4, -0.2) is 37.1 Å². The van der Waals surface area contributed by atoms with E-state index in [1.54, 1.807) is 12.1 Å². The first-order valence-corrected chi connectivity index (χ1v) is 6.56. The lowest BCUT2D eigenvalue weighted by Crippen LogP contribution is -2.50. The Balaban J connectivity index is 1.85. The lowest BCUT2D eigenvalue weighted by atomic mass is 10.1. The van der Waals surface area contributed by atoms with E-state index in [-0.39, 0.29) is 5.82 Å². The Bertz CT molecular complexity index is 404. The highest BCUT2D eigenvalue weighted by Crippen LogP contribution is 2.32. The summed E-state index contributed by atoms with van der Waals surface area (Å²) in [5, 5.41) is 0.524. The third-order valence-electron chi connectivity index (χ3n) is 3.84. The van der Waals surface area contributed by atoms with Crippen LogP contribution in [-0.2, 0) is 0 Å². The maximum Gasteiger partial charge on any atom is 0.148 e. The number of benzene rings is 1. The molecule has 17 heavy (non-hydrogen) atoms. The van der Waals surface area contributed by atoms with E-state index in [4.69, 9.17) is 11.6 Å². The summed E-state index contributed by atoms with van der Waals surface area (Å²) in [4.78, 5) is 4.61. The number of nitrogens with zero attached hydrogens (tertiary/aromatic N) is 2. The minimum absolute atomic E-state index is 0.205. The molecular formula is C13H16ClFN2. The van der Waals surface area contributed by atoms with Crippen LogP contribution in [0, 0.1) is 5.82 Å². The molecular weight excluding hydrogens is 239 g/mol. The Kier molecular flexibility index (Phi) is 2.97. The van der Waals surface area contributed by atoms with Crippen LogP contribution in [0.2, 0.25) is 5.02 Å². The Hall–Kier alpha value is -0.800. The van der Waals surface area contributed by atoms with Crippen molar-refractivity contribution in [3.8, 4) is 0 Å². The van der Waals surface area contributed by atoms with Crippen LogP contribution in [0.25, 0.3) is 0 Å². The molecule has 0 aliphatic carbocycles. The van der Waals surface area contributed by atoms with Gasteiger partial charge in [-0.3, -0.25) is 4.90 Å². The summed E-state index contributed by atoms with van der Waals surface area (Å²) >= 11 is 6.11. The average molecular weight is 255 g/mol. The van der Waals surface area contributed by atoms with Gasteiger partial charge < -0.3 is 4.90 Å². The molecule has 1 unspecified atom stereocenters. The van der Waals surface area contributed by atoms with Crippen molar-refractivity contribution in [2.24, 2.45) is 0 Å². The quantitative estimate of drug-likeness (QED) is 0.760. The summed E-state index contributed by atoms with van der Waals surface area (Å²) in [6, 6.07) is 5.50. The Labute approximate surface area is 106 Å². The van der Waals surface area contributed by atoms with E-state index in [0.29, 0.717) is 16.8 Å². The maximum absolute atomic E-state index is 13.8. The molecule has 0 aromatic heterocycles. The van der Waals surface area contributed by atoms with Crippen LogP contribution in [0.5, 0.6) is 0 Å². The fourth-order valence-corrected chi connectivity index (χ4v) is 3.27. The number of fused-ring (bicyclic) bond motifs is 1. The van der Waals surface area contributed by atoms with Crippen LogP contribution < -0.4 is 4.90 Å². The Morgan fingerprint density at radius 2 is 2.12 bits per heavy atom. The van der Waals surface area contributed by atoms with Crippen molar-refractivity contribution in [2.45, 2.75) is 18.9 Å². The van der Waals surface area contributed by atoms with Gasteiger partial charge in [0.2, 0.25) is 0 Å². The molecule has 0 radical (unpaired) electrons. The molecule has 2 aliphatic heterocycles. The molecule has 92 valence electrons. The third kappa shape index (κ3) is 2.02. The smallest absolute Gasteiger partial charge is 0.148 e. The van der Waals surface area contributed by atoms with Crippen molar-refractivity contribution >= 4 is 17.3 Å². The van der Waals surface area contributed by atoms with Crippen LogP contribution >= 0.6 is 11.6 Å². The highest BCUT2D eigenvalue weighted by Gasteiger charge is 2.31. The monoisotopic (exact) mass is 254 g/mol. The second-order valence-corrected chi connectivity index (χ2v) is 5.26. The number of para-hydroxylation sites is 1. The van der Waals surface area contributed by atoms with Gasteiger partial charge in [0.1, 0.15) is 5.82 Å². The summed E-state index contributed by atoms with van der Waals surface area (Å²) in [6.07, 6.45) is 2.49. The number of hydrogen-bond donors (Lipinski definition) is 0. The Morgan fingerprint density at radius 1 is 1.24 bits per heavy atom. The average Bonchev–Trinajstić information content (AvgIpc) is 2.76. The van der Waals surface area contributed by atoms with Gasteiger partial charge in [0.05, 0.1) is 10.7 Å². The zero-order valence-electron chi connectivity index (χ0n) is 9.70. The molecule has 2 fully saturated rings.